The van der Waals surface area contributed by atoms with Crippen LogP contribution < -0.4 is 19.1 Å². The van der Waals surface area contributed by atoms with Crippen LogP contribution in [0.15, 0.2) is 30.5 Å². The Balaban J connectivity index is 1.30. The van der Waals surface area contributed by atoms with Crippen LogP contribution in [0.1, 0.15) is 18.4 Å². The summed E-state index contributed by atoms with van der Waals surface area (Å²) in [5.74, 6) is 2.43. The summed E-state index contributed by atoms with van der Waals surface area (Å²) in [6.07, 6.45) is 3.46. The lowest BCUT2D eigenvalue weighted by Gasteiger charge is -2.32. The third-order valence-electron chi connectivity index (χ3n) is 6.35. The molecule has 0 saturated carbocycles. The van der Waals surface area contributed by atoms with Gasteiger partial charge in [0.15, 0.2) is 0 Å². The van der Waals surface area contributed by atoms with Gasteiger partial charge in [0.1, 0.15) is 24.2 Å². The number of pyridine rings is 1. The van der Waals surface area contributed by atoms with Gasteiger partial charge in [-0.15, -0.1) is 0 Å². The molecule has 5 rings (SSSR count). The Labute approximate surface area is 188 Å². The molecule has 2 unspecified atom stereocenters. The summed E-state index contributed by atoms with van der Waals surface area (Å²) in [6.45, 7) is 5.89. The fourth-order valence-electron chi connectivity index (χ4n) is 4.65. The lowest BCUT2D eigenvalue weighted by Crippen LogP contribution is -2.36. The number of hydrogen-bond acceptors (Lipinski definition) is 7. The van der Waals surface area contributed by atoms with Gasteiger partial charge in [0.25, 0.3) is 0 Å². The maximum atomic E-state index is 12.7. The fourth-order valence-corrected chi connectivity index (χ4v) is 4.65. The molecule has 0 spiro atoms. The van der Waals surface area contributed by atoms with Crippen LogP contribution >= 0.6 is 0 Å². The predicted molar refractivity (Wildman–Crippen MR) is 119 cm³/mol. The number of likely N-dealkylation sites (tertiary alicyclic amines) is 1. The van der Waals surface area contributed by atoms with Crippen molar-refractivity contribution in [2.75, 3.05) is 51.5 Å². The Morgan fingerprint density at radius 1 is 1.19 bits per heavy atom. The van der Waals surface area contributed by atoms with Gasteiger partial charge in [-0.3, -0.25) is 4.79 Å². The second kappa shape index (κ2) is 8.86. The quantitative estimate of drug-likeness (QED) is 0.709. The highest BCUT2D eigenvalue weighted by atomic mass is 16.5. The first-order valence-corrected chi connectivity index (χ1v) is 11.2. The number of nitrogens with zero attached hydrogens (tertiary/aromatic N) is 3. The molecule has 0 aliphatic carbocycles. The molecule has 2 fully saturated rings. The van der Waals surface area contributed by atoms with E-state index in [0.717, 1.165) is 54.4 Å². The zero-order valence-corrected chi connectivity index (χ0v) is 18.6. The molecule has 1 aromatic heterocycles. The topological polar surface area (TPSA) is 73.4 Å². The number of benzene rings is 1. The maximum absolute atomic E-state index is 12.7. The van der Waals surface area contributed by atoms with Gasteiger partial charge in [-0.1, -0.05) is 0 Å². The van der Waals surface area contributed by atoms with E-state index in [1.54, 1.807) is 7.11 Å². The van der Waals surface area contributed by atoms with Gasteiger partial charge in [0, 0.05) is 31.2 Å². The van der Waals surface area contributed by atoms with Gasteiger partial charge in [-0.05, 0) is 31.5 Å². The van der Waals surface area contributed by atoms with Crippen molar-refractivity contribution in [1.82, 2.24) is 9.88 Å². The highest BCUT2D eigenvalue weighted by Crippen LogP contribution is 2.40. The van der Waals surface area contributed by atoms with Crippen LogP contribution in [0.2, 0.25) is 0 Å². The number of rotatable bonds is 5. The normalized spacial score (nSPS) is 22.4. The molecule has 3 aliphatic heterocycles. The van der Waals surface area contributed by atoms with E-state index < -0.39 is 0 Å². The molecule has 0 bridgehead atoms. The number of carbonyl (C=O) groups is 1. The number of fused-ring (bicyclic) bond motifs is 1. The van der Waals surface area contributed by atoms with Gasteiger partial charge in [-0.25, -0.2) is 4.98 Å². The number of amides is 1. The lowest BCUT2D eigenvalue weighted by molar-refractivity contribution is -0.134. The molecule has 0 N–H and O–H groups in total. The number of carbonyl (C=O) groups excluding carboxylic acids is 1. The first-order chi connectivity index (χ1) is 15.6. The van der Waals surface area contributed by atoms with Gasteiger partial charge in [0.05, 0.1) is 50.3 Å². The second-order valence-electron chi connectivity index (χ2n) is 8.52. The molecule has 4 heterocycles. The Morgan fingerprint density at radius 2 is 2.09 bits per heavy atom. The van der Waals surface area contributed by atoms with Gasteiger partial charge < -0.3 is 28.7 Å². The van der Waals surface area contributed by atoms with E-state index in [1.807, 2.05) is 36.2 Å². The number of methoxy groups -OCH3 is 1. The molecule has 2 aromatic rings. The zero-order chi connectivity index (χ0) is 22.1. The standard InChI is InChI=1S/C24H29N3O5/c1-16-11-18(13-25-23(16)29-2)27-8-10-31-22-4-3-19(12-21(22)27)32-20-5-7-26(14-20)24(28)17-6-9-30-15-17/h3-4,11-13,17,20H,5-10,14-15H2,1-2H3. The molecular weight excluding hydrogens is 410 g/mol. The van der Waals surface area contributed by atoms with E-state index in [9.17, 15) is 4.79 Å². The molecule has 0 radical (unpaired) electrons. The molecule has 32 heavy (non-hydrogen) atoms. The zero-order valence-electron chi connectivity index (χ0n) is 18.6. The summed E-state index contributed by atoms with van der Waals surface area (Å²) in [5.41, 5.74) is 2.92. The van der Waals surface area contributed by atoms with E-state index in [2.05, 4.69) is 16.0 Å². The summed E-state index contributed by atoms with van der Waals surface area (Å²) in [7, 11) is 1.63. The van der Waals surface area contributed by atoms with Crippen molar-refractivity contribution in [3.63, 3.8) is 0 Å². The lowest BCUT2D eigenvalue weighted by atomic mass is 10.1. The van der Waals surface area contributed by atoms with Gasteiger partial charge >= 0.3 is 0 Å². The van der Waals surface area contributed by atoms with E-state index in [-0.39, 0.29) is 17.9 Å². The van der Waals surface area contributed by atoms with Crippen LogP contribution in [-0.2, 0) is 9.53 Å². The van der Waals surface area contributed by atoms with Crippen molar-refractivity contribution in [2.24, 2.45) is 5.92 Å². The number of aromatic nitrogens is 1. The summed E-state index contributed by atoms with van der Waals surface area (Å²) < 4.78 is 22.8. The second-order valence-corrected chi connectivity index (χ2v) is 8.52. The van der Waals surface area contributed by atoms with Crippen molar-refractivity contribution < 1.29 is 23.7 Å². The Kier molecular flexibility index (Phi) is 5.78. The van der Waals surface area contributed by atoms with Crippen LogP contribution in [0.4, 0.5) is 11.4 Å². The molecule has 2 saturated heterocycles. The van der Waals surface area contributed by atoms with Crippen LogP contribution in [0.5, 0.6) is 17.4 Å². The number of ether oxygens (including phenoxy) is 4. The van der Waals surface area contributed by atoms with Crippen molar-refractivity contribution in [3.8, 4) is 17.4 Å². The van der Waals surface area contributed by atoms with Crippen LogP contribution in [0.25, 0.3) is 0 Å². The Morgan fingerprint density at radius 3 is 2.88 bits per heavy atom. The average molecular weight is 440 g/mol. The van der Waals surface area contributed by atoms with E-state index in [4.69, 9.17) is 18.9 Å². The fraction of sp³-hybridized carbons (Fsp3) is 0.500. The van der Waals surface area contributed by atoms with Gasteiger partial charge in [0.2, 0.25) is 11.8 Å². The van der Waals surface area contributed by atoms with Crippen molar-refractivity contribution in [1.29, 1.82) is 0 Å². The van der Waals surface area contributed by atoms with Gasteiger partial charge in [-0.2, -0.15) is 0 Å². The molecule has 2 atom stereocenters. The van der Waals surface area contributed by atoms with Crippen LogP contribution in [-0.4, -0.2) is 68.5 Å². The number of aryl methyl sites for hydroxylation is 1. The first kappa shape index (κ1) is 20.9. The van der Waals surface area contributed by atoms with Crippen molar-refractivity contribution >= 4 is 17.3 Å². The maximum Gasteiger partial charge on any atom is 0.228 e. The van der Waals surface area contributed by atoms with Crippen LogP contribution in [0, 0.1) is 12.8 Å². The average Bonchev–Trinajstić information content (AvgIpc) is 3.51. The van der Waals surface area contributed by atoms with Crippen molar-refractivity contribution in [3.05, 3.63) is 36.0 Å². The third kappa shape index (κ3) is 4.07. The highest BCUT2D eigenvalue weighted by Gasteiger charge is 2.34. The molecule has 3 aliphatic rings. The highest BCUT2D eigenvalue weighted by molar-refractivity contribution is 5.79. The number of anilines is 2. The molecule has 8 heteroatoms. The van der Waals surface area contributed by atoms with Crippen LogP contribution in [0.3, 0.4) is 0 Å². The first-order valence-electron chi connectivity index (χ1n) is 11.2. The minimum atomic E-state index is -0.0119. The smallest absolute Gasteiger partial charge is 0.228 e. The van der Waals surface area contributed by atoms with E-state index in [0.29, 0.717) is 32.2 Å². The third-order valence-corrected chi connectivity index (χ3v) is 6.35. The Bertz CT molecular complexity index is 992. The summed E-state index contributed by atoms with van der Waals surface area (Å²) >= 11 is 0. The SMILES string of the molecule is COc1ncc(N2CCOc3ccc(OC4CCN(C(=O)C5CCOC5)C4)cc32)cc1C. The minimum Gasteiger partial charge on any atom is -0.490 e. The monoisotopic (exact) mass is 439 g/mol. The molecule has 1 amide bonds. The molecule has 1 aromatic carbocycles. The van der Waals surface area contributed by atoms with E-state index >= 15 is 0 Å². The Hall–Kier alpha value is -3.00. The molecular formula is C24H29N3O5. The van der Waals surface area contributed by atoms with Crippen molar-refractivity contribution in [2.45, 2.75) is 25.9 Å². The molecule has 170 valence electrons. The summed E-state index contributed by atoms with van der Waals surface area (Å²) in [4.78, 5) is 21.2. The number of hydrogen-bond donors (Lipinski definition) is 0. The minimum absolute atomic E-state index is 0.00441. The molecule has 8 nitrogen and oxygen atoms in total. The summed E-state index contributed by atoms with van der Waals surface area (Å²) in [5, 5.41) is 0. The predicted octanol–water partition coefficient (Wildman–Crippen LogP) is 2.95. The largest absolute Gasteiger partial charge is 0.490 e. The summed E-state index contributed by atoms with van der Waals surface area (Å²) in [6, 6.07) is 7.98. The van der Waals surface area contributed by atoms with E-state index in [1.165, 1.54) is 0 Å².